The molecule has 0 fully saturated rings. The summed E-state index contributed by atoms with van der Waals surface area (Å²) in [5, 5.41) is 9.08. The fourth-order valence-corrected chi connectivity index (χ4v) is 2.00. The molecule has 0 saturated carbocycles. The van der Waals surface area contributed by atoms with Gasteiger partial charge in [-0.2, -0.15) is 5.26 Å². The molecule has 0 radical (unpaired) electrons. The average Bonchev–Trinajstić information content (AvgIpc) is 2.43. The van der Waals surface area contributed by atoms with E-state index in [9.17, 15) is 4.79 Å². The van der Waals surface area contributed by atoms with Crippen LogP contribution in [0.2, 0.25) is 0 Å². The lowest BCUT2D eigenvalue weighted by Crippen LogP contribution is -2.07. The molecular weight excluding hydrogens is 222 g/mol. The number of hydrogen-bond donors (Lipinski definition) is 0. The Bertz CT molecular complexity index is 391. The summed E-state index contributed by atoms with van der Waals surface area (Å²) in [5.74, 6) is -0.0489. The van der Waals surface area contributed by atoms with Gasteiger partial charge in [0.1, 0.15) is 0 Å². The molecule has 0 aromatic heterocycles. The van der Waals surface area contributed by atoms with Gasteiger partial charge in [0.05, 0.1) is 12.0 Å². The Morgan fingerprint density at radius 3 is 2.56 bits per heavy atom. The molecule has 0 bridgehead atoms. The van der Waals surface area contributed by atoms with Crippen molar-refractivity contribution < 1.29 is 4.79 Å². The molecule has 1 atom stereocenters. The lowest BCUT2D eigenvalue weighted by molar-refractivity contribution is 0.0968. The number of nitrogens with zero attached hydrogens (tertiary/aromatic N) is 1. The van der Waals surface area contributed by atoms with Gasteiger partial charge >= 0.3 is 0 Å². The van der Waals surface area contributed by atoms with Crippen LogP contribution in [0.25, 0.3) is 0 Å². The van der Waals surface area contributed by atoms with E-state index in [0.29, 0.717) is 12.0 Å². The number of nitriles is 1. The highest BCUT2D eigenvalue weighted by molar-refractivity contribution is 5.96. The van der Waals surface area contributed by atoms with Crippen LogP contribution in [0.15, 0.2) is 30.3 Å². The minimum absolute atomic E-state index is 0.0811. The van der Waals surface area contributed by atoms with E-state index >= 15 is 0 Å². The van der Waals surface area contributed by atoms with Crippen LogP contribution in [0, 0.1) is 17.2 Å². The maximum absolute atomic E-state index is 12.0. The average molecular weight is 243 g/mol. The zero-order chi connectivity index (χ0) is 13.2. The molecule has 2 nitrogen and oxygen atoms in total. The molecule has 18 heavy (non-hydrogen) atoms. The van der Waals surface area contributed by atoms with E-state index in [2.05, 4.69) is 13.0 Å². The van der Waals surface area contributed by atoms with Crippen LogP contribution in [0.5, 0.6) is 0 Å². The Kier molecular flexibility index (Phi) is 6.79. The lowest BCUT2D eigenvalue weighted by Gasteiger charge is -2.08. The summed E-state index contributed by atoms with van der Waals surface area (Å²) in [4.78, 5) is 12.0. The van der Waals surface area contributed by atoms with Crippen molar-refractivity contribution >= 4 is 5.78 Å². The summed E-state index contributed by atoms with van der Waals surface area (Å²) in [7, 11) is 0. The van der Waals surface area contributed by atoms with Crippen LogP contribution in [0.1, 0.15) is 55.8 Å². The molecular formula is C16H21NO. The third-order valence-electron chi connectivity index (χ3n) is 3.12. The van der Waals surface area contributed by atoms with E-state index in [4.69, 9.17) is 5.26 Å². The maximum atomic E-state index is 12.0. The molecule has 96 valence electrons. The van der Waals surface area contributed by atoms with Crippen molar-refractivity contribution in [3.8, 4) is 6.07 Å². The molecule has 1 rings (SSSR count). The summed E-state index contributed by atoms with van der Waals surface area (Å²) in [6.07, 6.45) is 5.81. The number of carbonyl (C=O) groups is 1. The Balaban J connectivity index is 2.39. The van der Waals surface area contributed by atoms with Gasteiger partial charge in [0.25, 0.3) is 0 Å². The van der Waals surface area contributed by atoms with Crippen molar-refractivity contribution in [1.29, 1.82) is 5.26 Å². The maximum Gasteiger partial charge on any atom is 0.164 e. The second kappa shape index (κ2) is 8.47. The SMILES string of the molecule is CCCCCCC(C#N)CC(=O)c1ccccc1. The van der Waals surface area contributed by atoms with E-state index in [0.717, 1.165) is 19.3 Å². The summed E-state index contributed by atoms with van der Waals surface area (Å²) in [6.45, 7) is 2.17. The summed E-state index contributed by atoms with van der Waals surface area (Å²) in [6, 6.07) is 11.5. The second-order valence-electron chi connectivity index (χ2n) is 4.67. The summed E-state index contributed by atoms with van der Waals surface area (Å²) >= 11 is 0. The van der Waals surface area contributed by atoms with E-state index < -0.39 is 0 Å². The fourth-order valence-electron chi connectivity index (χ4n) is 2.00. The van der Waals surface area contributed by atoms with E-state index in [1.54, 1.807) is 0 Å². The first kappa shape index (κ1) is 14.4. The van der Waals surface area contributed by atoms with Crippen LogP contribution in [0.4, 0.5) is 0 Å². The highest BCUT2D eigenvalue weighted by Gasteiger charge is 2.14. The van der Waals surface area contributed by atoms with Crippen LogP contribution in [-0.2, 0) is 0 Å². The van der Waals surface area contributed by atoms with Gasteiger partial charge < -0.3 is 0 Å². The number of unbranched alkanes of at least 4 members (excludes halogenated alkanes) is 3. The summed E-state index contributed by atoms with van der Waals surface area (Å²) < 4.78 is 0. The molecule has 1 aromatic carbocycles. The molecule has 0 N–H and O–H groups in total. The molecule has 0 aliphatic heterocycles. The summed E-state index contributed by atoms with van der Waals surface area (Å²) in [5.41, 5.74) is 0.714. The third-order valence-corrected chi connectivity index (χ3v) is 3.12. The van der Waals surface area contributed by atoms with Gasteiger partial charge in [0, 0.05) is 12.0 Å². The van der Waals surface area contributed by atoms with Crippen LogP contribution in [0.3, 0.4) is 0 Å². The third kappa shape index (κ3) is 5.14. The quantitative estimate of drug-likeness (QED) is 0.502. The second-order valence-corrected chi connectivity index (χ2v) is 4.67. The Morgan fingerprint density at radius 1 is 1.22 bits per heavy atom. The lowest BCUT2D eigenvalue weighted by atomic mass is 9.94. The number of rotatable bonds is 8. The van der Waals surface area contributed by atoms with Crippen molar-refractivity contribution in [2.24, 2.45) is 5.92 Å². The molecule has 2 heteroatoms. The van der Waals surface area contributed by atoms with Crippen molar-refractivity contribution in [1.82, 2.24) is 0 Å². The minimum atomic E-state index is -0.130. The molecule has 0 spiro atoms. The van der Waals surface area contributed by atoms with Gasteiger partial charge in [0.2, 0.25) is 0 Å². The highest BCUT2D eigenvalue weighted by Crippen LogP contribution is 2.16. The zero-order valence-electron chi connectivity index (χ0n) is 11.1. The predicted octanol–water partition coefficient (Wildman–Crippen LogP) is 4.37. The zero-order valence-corrected chi connectivity index (χ0v) is 11.1. The van der Waals surface area contributed by atoms with Crippen molar-refractivity contribution in [2.75, 3.05) is 0 Å². The molecule has 0 aliphatic carbocycles. The minimum Gasteiger partial charge on any atom is -0.294 e. The van der Waals surface area contributed by atoms with Crippen LogP contribution < -0.4 is 0 Å². The number of benzene rings is 1. The Hall–Kier alpha value is -1.62. The molecule has 0 heterocycles. The molecule has 1 unspecified atom stereocenters. The first-order valence-corrected chi connectivity index (χ1v) is 6.75. The fraction of sp³-hybridized carbons (Fsp3) is 0.500. The van der Waals surface area contributed by atoms with E-state index in [1.165, 1.54) is 12.8 Å². The van der Waals surface area contributed by atoms with Gasteiger partial charge in [-0.15, -0.1) is 0 Å². The van der Waals surface area contributed by atoms with Crippen LogP contribution in [-0.4, -0.2) is 5.78 Å². The predicted molar refractivity (Wildman–Crippen MR) is 73.3 cm³/mol. The number of Topliss-reactive ketones (excluding diaryl/α,β-unsaturated/α-hetero) is 1. The highest BCUT2D eigenvalue weighted by atomic mass is 16.1. The van der Waals surface area contributed by atoms with E-state index in [1.807, 2.05) is 30.3 Å². The first-order valence-electron chi connectivity index (χ1n) is 6.75. The number of ketones is 1. The standard InChI is InChI=1S/C16H21NO/c1-2-3-4-6-9-14(13-17)12-16(18)15-10-7-5-8-11-15/h5,7-8,10-11,14H,2-4,6,9,12H2,1H3. The number of hydrogen-bond acceptors (Lipinski definition) is 2. The first-order chi connectivity index (χ1) is 8.77. The van der Waals surface area contributed by atoms with Crippen molar-refractivity contribution in [2.45, 2.75) is 45.4 Å². The van der Waals surface area contributed by atoms with Crippen molar-refractivity contribution in [3.63, 3.8) is 0 Å². The number of carbonyl (C=O) groups excluding carboxylic acids is 1. The smallest absolute Gasteiger partial charge is 0.164 e. The van der Waals surface area contributed by atoms with Gasteiger partial charge in [-0.25, -0.2) is 0 Å². The van der Waals surface area contributed by atoms with Gasteiger partial charge in [-0.3, -0.25) is 4.79 Å². The Morgan fingerprint density at radius 2 is 1.94 bits per heavy atom. The topological polar surface area (TPSA) is 40.9 Å². The molecule has 1 aromatic rings. The Labute approximate surface area is 110 Å². The van der Waals surface area contributed by atoms with Gasteiger partial charge in [0.15, 0.2) is 5.78 Å². The molecule has 0 aliphatic rings. The van der Waals surface area contributed by atoms with Crippen molar-refractivity contribution in [3.05, 3.63) is 35.9 Å². The van der Waals surface area contributed by atoms with E-state index in [-0.39, 0.29) is 11.7 Å². The largest absolute Gasteiger partial charge is 0.294 e. The monoisotopic (exact) mass is 243 g/mol. The van der Waals surface area contributed by atoms with Crippen LogP contribution >= 0.6 is 0 Å². The normalized spacial score (nSPS) is 11.8. The molecule has 0 amide bonds. The van der Waals surface area contributed by atoms with Gasteiger partial charge in [-0.1, -0.05) is 62.9 Å². The molecule has 0 saturated heterocycles. The van der Waals surface area contributed by atoms with Gasteiger partial charge in [-0.05, 0) is 6.42 Å².